The molecule has 0 radical (unpaired) electrons. The first-order valence-electron chi connectivity index (χ1n) is 9.79. The lowest BCUT2D eigenvalue weighted by molar-refractivity contribution is -0.136. The Morgan fingerprint density at radius 1 is 1.11 bits per heavy atom. The second-order valence-corrected chi connectivity index (χ2v) is 7.75. The van der Waals surface area contributed by atoms with Gasteiger partial charge in [-0.3, -0.25) is 9.59 Å². The van der Waals surface area contributed by atoms with E-state index in [1.165, 1.54) is 0 Å². The first kappa shape index (κ1) is 20.7. The van der Waals surface area contributed by atoms with Crippen LogP contribution in [0.25, 0.3) is 0 Å². The molecule has 0 saturated carbocycles. The van der Waals surface area contributed by atoms with Crippen LogP contribution in [0.4, 0.5) is 0 Å². The number of halogens is 1. The van der Waals surface area contributed by atoms with Crippen molar-refractivity contribution in [1.82, 2.24) is 9.80 Å². The Labute approximate surface area is 171 Å². The molecule has 1 aromatic rings. The minimum atomic E-state index is -0.366. The topological polar surface area (TPSA) is 85.1 Å². The Hall–Kier alpha value is -1.99. The normalized spacial score (nSPS) is 22.7. The summed E-state index contributed by atoms with van der Waals surface area (Å²) in [7, 11) is 0. The highest BCUT2D eigenvalue weighted by molar-refractivity contribution is 5.98. The van der Waals surface area contributed by atoms with Gasteiger partial charge in [0.15, 0.2) is 11.5 Å². The van der Waals surface area contributed by atoms with Crippen LogP contribution in [0.1, 0.15) is 43.0 Å². The summed E-state index contributed by atoms with van der Waals surface area (Å²) in [6.45, 7) is 4.28. The van der Waals surface area contributed by atoms with Crippen molar-refractivity contribution >= 4 is 24.2 Å². The van der Waals surface area contributed by atoms with Crippen molar-refractivity contribution in [1.29, 1.82) is 0 Å². The van der Waals surface area contributed by atoms with Crippen molar-refractivity contribution in [2.24, 2.45) is 11.7 Å². The van der Waals surface area contributed by atoms with Gasteiger partial charge in [-0.25, -0.2) is 0 Å². The van der Waals surface area contributed by atoms with Crippen molar-refractivity contribution in [2.75, 3.05) is 26.4 Å². The van der Waals surface area contributed by atoms with Gasteiger partial charge in [0.25, 0.3) is 5.91 Å². The van der Waals surface area contributed by atoms with E-state index in [0.717, 1.165) is 38.8 Å². The Bertz CT molecular complexity index is 734. The lowest BCUT2D eigenvalue weighted by Gasteiger charge is -2.36. The third-order valence-corrected chi connectivity index (χ3v) is 6.01. The summed E-state index contributed by atoms with van der Waals surface area (Å²) < 4.78 is 10.7. The van der Waals surface area contributed by atoms with Gasteiger partial charge in [0.05, 0.1) is 0 Å². The average Bonchev–Trinajstić information content (AvgIpc) is 3.35. The van der Waals surface area contributed by atoms with Crippen LogP contribution in [0, 0.1) is 5.92 Å². The van der Waals surface area contributed by atoms with E-state index in [0.29, 0.717) is 29.5 Å². The lowest BCUT2D eigenvalue weighted by atomic mass is 9.90. The van der Waals surface area contributed by atoms with Crippen LogP contribution in [0.15, 0.2) is 18.2 Å². The van der Waals surface area contributed by atoms with Gasteiger partial charge in [-0.05, 0) is 56.7 Å². The minimum Gasteiger partial charge on any atom is -0.454 e. The number of nitrogens with two attached hydrogens (primary N) is 1. The van der Waals surface area contributed by atoms with Crippen LogP contribution >= 0.6 is 12.4 Å². The number of hydrogen-bond donors (Lipinski definition) is 1. The van der Waals surface area contributed by atoms with Crippen molar-refractivity contribution in [3.8, 4) is 11.5 Å². The number of benzene rings is 1. The van der Waals surface area contributed by atoms with Crippen LogP contribution in [-0.2, 0) is 4.79 Å². The van der Waals surface area contributed by atoms with Crippen LogP contribution in [0.5, 0.6) is 11.5 Å². The molecule has 2 N–H and O–H groups in total. The number of rotatable bonds is 3. The van der Waals surface area contributed by atoms with Gasteiger partial charge in [-0.2, -0.15) is 0 Å². The number of amides is 2. The molecule has 0 bridgehead atoms. The van der Waals surface area contributed by atoms with E-state index in [9.17, 15) is 9.59 Å². The van der Waals surface area contributed by atoms with Crippen LogP contribution in [0.3, 0.4) is 0 Å². The highest BCUT2D eigenvalue weighted by atomic mass is 35.5. The maximum atomic E-state index is 13.1. The maximum Gasteiger partial charge on any atom is 0.254 e. The first-order valence-corrected chi connectivity index (χ1v) is 9.79. The van der Waals surface area contributed by atoms with Crippen molar-refractivity contribution < 1.29 is 19.1 Å². The highest BCUT2D eigenvalue weighted by Crippen LogP contribution is 2.33. The molecule has 8 heteroatoms. The molecule has 2 saturated heterocycles. The molecule has 0 spiro atoms. The molecule has 2 unspecified atom stereocenters. The summed E-state index contributed by atoms with van der Waals surface area (Å²) in [5.74, 6) is 1.67. The number of hydrogen-bond acceptors (Lipinski definition) is 5. The maximum absolute atomic E-state index is 13.1. The van der Waals surface area contributed by atoms with Gasteiger partial charge in [0, 0.05) is 31.2 Å². The van der Waals surface area contributed by atoms with E-state index in [4.69, 9.17) is 15.2 Å². The predicted octanol–water partition coefficient (Wildman–Crippen LogP) is 2.03. The summed E-state index contributed by atoms with van der Waals surface area (Å²) in [6.07, 6.45) is 3.45. The number of nitrogens with zero attached hydrogens (tertiary/aromatic N) is 2. The zero-order valence-electron chi connectivity index (χ0n) is 16.1. The minimum absolute atomic E-state index is 0. The molecule has 7 nitrogen and oxygen atoms in total. The van der Waals surface area contributed by atoms with E-state index in [1.54, 1.807) is 23.1 Å². The number of carbonyl (C=O) groups is 2. The van der Waals surface area contributed by atoms with Gasteiger partial charge in [-0.15, -0.1) is 12.4 Å². The Balaban J connectivity index is 0.00000225. The monoisotopic (exact) mass is 409 g/mol. The zero-order valence-corrected chi connectivity index (χ0v) is 17.0. The largest absolute Gasteiger partial charge is 0.454 e. The summed E-state index contributed by atoms with van der Waals surface area (Å²) >= 11 is 0. The van der Waals surface area contributed by atoms with Crippen molar-refractivity contribution in [3.63, 3.8) is 0 Å². The van der Waals surface area contributed by atoms with Gasteiger partial charge in [0.1, 0.15) is 6.04 Å². The smallest absolute Gasteiger partial charge is 0.254 e. The second kappa shape index (κ2) is 8.57. The Kier molecular flexibility index (Phi) is 6.35. The molecule has 1 aromatic carbocycles. The highest BCUT2D eigenvalue weighted by Gasteiger charge is 2.38. The molecule has 154 valence electrons. The van der Waals surface area contributed by atoms with E-state index in [2.05, 4.69) is 0 Å². The molecule has 3 heterocycles. The number of fused-ring (bicyclic) bond motifs is 1. The van der Waals surface area contributed by atoms with Gasteiger partial charge < -0.3 is 25.0 Å². The van der Waals surface area contributed by atoms with Crippen molar-refractivity contribution in [3.05, 3.63) is 23.8 Å². The molecule has 3 aliphatic rings. The summed E-state index contributed by atoms with van der Waals surface area (Å²) in [5.41, 5.74) is 6.54. The summed E-state index contributed by atoms with van der Waals surface area (Å²) in [4.78, 5) is 29.7. The molecule has 28 heavy (non-hydrogen) atoms. The fourth-order valence-corrected chi connectivity index (χ4v) is 4.32. The van der Waals surface area contributed by atoms with Gasteiger partial charge >= 0.3 is 0 Å². The SMILES string of the molecule is CC(N)C1CCN(C(=O)C2CCCN2C(=O)c2ccc3c(c2)OCO3)CC1.Cl. The third-order valence-electron chi connectivity index (χ3n) is 6.01. The van der Waals surface area contributed by atoms with Crippen LogP contribution in [-0.4, -0.2) is 60.1 Å². The van der Waals surface area contributed by atoms with Crippen LogP contribution < -0.4 is 15.2 Å². The number of piperidine rings is 1. The first-order chi connectivity index (χ1) is 13.0. The molecular formula is C20H28ClN3O4. The summed E-state index contributed by atoms with van der Waals surface area (Å²) in [5, 5.41) is 0. The lowest BCUT2D eigenvalue weighted by Crippen LogP contribution is -2.51. The second-order valence-electron chi connectivity index (χ2n) is 7.75. The predicted molar refractivity (Wildman–Crippen MR) is 107 cm³/mol. The van der Waals surface area contributed by atoms with Gasteiger partial charge in [-0.1, -0.05) is 0 Å². The van der Waals surface area contributed by atoms with Gasteiger partial charge in [0.2, 0.25) is 12.7 Å². The molecule has 0 aliphatic carbocycles. The zero-order chi connectivity index (χ0) is 19.0. The molecule has 0 aromatic heterocycles. The van der Waals surface area contributed by atoms with E-state index in [-0.39, 0.29) is 43.1 Å². The Morgan fingerprint density at radius 3 is 2.54 bits per heavy atom. The fourth-order valence-electron chi connectivity index (χ4n) is 4.32. The number of ether oxygens (including phenoxy) is 2. The Morgan fingerprint density at radius 2 is 1.82 bits per heavy atom. The molecule has 3 aliphatic heterocycles. The third kappa shape index (κ3) is 3.91. The number of carbonyl (C=O) groups excluding carboxylic acids is 2. The average molecular weight is 410 g/mol. The van der Waals surface area contributed by atoms with Crippen molar-refractivity contribution in [2.45, 2.75) is 44.7 Å². The van der Waals surface area contributed by atoms with Crippen LogP contribution in [0.2, 0.25) is 0 Å². The molecule has 2 amide bonds. The number of likely N-dealkylation sites (tertiary alicyclic amines) is 2. The van der Waals surface area contributed by atoms with E-state index in [1.807, 2.05) is 11.8 Å². The molecular weight excluding hydrogens is 382 g/mol. The van der Waals surface area contributed by atoms with E-state index >= 15 is 0 Å². The quantitative estimate of drug-likeness (QED) is 0.825. The summed E-state index contributed by atoms with van der Waals surface area (Å²) in [6, 6.07) is 5.00. The molecule has 4 rings (SSSR count). The van der Waals surface area contributed by atoms with E-state index < -0.39 is 0 Å². The standard InChI is InChI=1S/C20H27N3O4.ClH/c1-13(21)14-6-9-22(10-7-14)20(25)16-3-2-8-23(16)19(24)15-4-5-17-18(11-15)27-12-26-17;/h4-5,11,13-14,16H,2-3,6-10,12,21H2,1H3;1H. The fraction of sp³-hybridized carbons (Fsp3) is 0.600. The molecule has 2 atom stereocenters. The molecule has 2 fully saturated rings.